The molecule has 140 valence electrons. The van der Waals surface area contributed by atoms with Crippen molar-refractivity contribution in [3.8, 4) is 0 Å². The van der Waals surface area contributed by atoms with Crippen molar-refractivity contribution in [3.63, 3.8) is 0 Å². The van der Waals surface area contributed by atoms with Gasteiger partial charge in [-0.3, -0.25) is 4.79 Å². The minimum Gasteiger partial charge on any atom is -0.378 e. The van der Waals surface area contributed by atoms with Crippen LogP contribution in [0, 0.1) is 5.41 Å². The summed E-state index contributed by atoms with van der Waals surface area (Å²) in [6, 6.07) is 0.689. The molecule has 2 fully saturated rings. The molecule has 2 aliphatic rings. The molecule has 0 spiro atoms. The van der Waals surface area contributed by atoms with Crippen LogP contribution in [-0.4, -0.2) is 80.3 Å². The van der Waals surface area contributed by atoms with E-state index < -0.39 is 5.54 Å². The molecule has 1 saturated carbocycles. The first-order valence-electron chi connectivity index (χ1n) is 9.30. The van der Waals surface area contributed by atoms with Crippen LogP contribution in [0.3, 0.4) is 0 Å². The van der Waals surface area contributed by atoms with E-state index in [-0.39, 0.29) is 17.4 Å². The second kappa shape index (κ2) is 7.68. The highest BCUT2D eigenvalue weighted by molar-refractivity contribution is 5.88. The highest BCUT2D eigenvalue weighted by Gasteiger charge is 2.62. The van der Waals surface area contributed by atoms with Crippen molar-refractivity contribution in [3.05, 3.63) is 0 Å². The lowest BCUT2D eigenvalue weighted by Gasteiger charge is -2.57. The molecule has 2 rings (SSSR count). The van der Waals surface area contributed by atoms with Gasteiger partial charge in [-0.15, -0.1) is 0 Å². The Hall–Kier alpha value is -0.690. The molecule has 0 radical (unpaired) electrons. The van der Waals surface area contributed by atoms with Crippen LogP contribution < -0.4 is 11.1 Å². The number of piperidine rings is 1. The summed E-state index contributed by atoms with van der Waals surface area (Å²) in [4.78, 5) is 17.3. The quantitative estimate of drug-likeness (QED) is 0.712. The molecule has 1 heterocycles. The van der Waals surface area contributed by atoms with Gasteiger partial charge in [0.05, 0.1) is 6.10 Å². The maximum atomic E-state index is 12.6. The van der Waals surface area contributed by atoms with Gasteiger partial charge in [0.15, 0.2) is 0 Å². The number of nitrogens with one attached hydrogen (secondary N) is 1. The highest BCUT2D eigenvalue weighted by Crippen LogP contribution is 2.49. The van der Waals surface area contributed by atoms with Crippen molar-refractivity contribution in [1.82, 2.24) is 15.1 Å². The van der Waals surface area contributed by atoms with Crippen LogP contribution in [0.25, 0.3) is 0 Å². The smallest absolute Gasteiger partial charge is 0.240 e. The number of nitrogens with zero attached hydrogens (tertiary/aromatic N) is 2. The van der Waals surface area contributed by atoms with E-state index >= 15 is 0 Å². The van der Waals surface area contributed by atoms with Crippen molar-refractivity contribution in [1.29, 1.82) is 0 Å². The molecule has 6 nitrogen and oxygen atoms in total. The lowest BCUT2D eigenvalue weighted by molar-refractivity contribution is -0.170. The number of rotatable bonds is 7. The fourth-order valence-electron chi connectivity index (χ4n) is 3.97. The molecule has 0 aromatic rings. The minimum atomic E-state index is -0.815. The summed E-state index contributed by atoms with van der Waals surface area (Å²) < 4.78 is 5.70. The summed E-state index contributed by atoms with van der Waals surface area (Å²) >= 11 is 0. The van der Waals surface area contributed by atoms with E-state index in [0.717, 1.165) is 19.6 Å². The topological polar surface area (TPSA) is 70.8 Å². The third-order valence-corrected chi connectivity index (χ3v) is 6.24. The molecule has 1 saturated heterocycles. The SMILES string of the molecule is CCOC1CC(N)(C(=O)NCCN2CCC(N(C)C)CC2)C1(C)C. The maximum Gasteiger partial charge on any atom is 0.240 e. The highest BCUT2D eigenvalue weighted by atomic mass is 16.5. The van der Waals surface area contributed by atoms with E-state index in [4.69, 9.17) is 10.5 Å². The lowest BCUT2D eigenvalue weighted by atomic mass is 9.54. The summed E-state index contributed by atoms with van der Waals surface area (Å²) in [5.41, 5.74) is 5.27. The number of amides is 1. The van der Waals surface area contributed by atoms with Gasteiger partial charge in [0.25, 0.3) is 0 Å². The molecule has 1 aliphatic carbocycles. The standard InChI is InChI=1S/C18H36N4O2/c1-6-24-15-13-18(19,17(15,2)3)16(23)20-9-12-22-10-7-14(8-11-22)21(4)5/h14-15H,6-13,19H2,1-5H3,(H,20,23). The van der Waals surface area contributed by atoms with Crippen LogP contribution in [0.2, 0.25) is 0 Å². The molecule has 2 atom stereocenters. The van der Waals surface area contributed by atoms with E-state index in [0.29, 0.717) is 25.6 Å². The monoisotopic (exact) mass is 340 g/mol. The average Bonchev–Trinajstić information content (AvgIpc) is 2.54. The number of hydrogen-bond acceptors (Lipinski definition) is 5. The van der Waals surface area contributed by atoms with E-state index in [9.17, 15) is 4.79 Å². The van der Waals surface area contributed by atoms with Gasteiger partial charge < -0.3 is 25.6 Å². The zero-order chi connectivity index (χ0) is 18.0. The Labute approximate surface area is 147 Å². The number of nitrogens with two attached hydrogens (primary N) is 1. The van der Waals surface area contributed by atoms with Crippen LogP contribution in [0.5, 0.6) is 0 Å². The number of hydrogen-bond donors (Lipinski definition) is 2. The molecule has 6 heteroatoms. The van der Waals surface area contributed by atoms with Crippen LogP contribution >= 0.6 is 0 Å². The third kappa shape index (κ3) is 3.77. The van der Waals surface area contributed by atoms with Gasteiger partial charge in [-0.1, -0.05) is 13.8 Å². The Kier molecular flexibility index (Phi) is 6.29. The third-order valence-electron chi connectivity index (χ3n) is 6.24. The summed E-state index contributed by atoms with van der Waals surface area (Å²) in [6.07, 6.45) is 3.08. The maximum absolute atomic E-state index is 12.6. The van der Waals surface area contributed by atoms with Gasteiger partial charge in [0.2, 0.25) is 5.91 Å². The Bertz CT molecular complexity index is 433. The van der Waals surface area contributed by atoms with Crippen LogP contribution in [0.15, 0.2) is 0 Å². The molecule has 0 bridgehead atoms. The zero-order valence-corrected chi connectivity index (χ0v) is 16.1. The van der Waals surface area contributed by atoms with Crippen LogP contribution in [0.1, 0.15) is 40.0 Å². The van der Waals surface area contributed by atoms with Crippen molar-refractivity contribution < 1.29 is 9.53 Å². The Morgan fingerprint density at radius 2 is 1.96 bits per heavy atom. The van der Waals surface area contributed by atoms with Gasteiger partial charge in [0, 0.05) is 37.6 Å². The van der Waals surface area contributed by atoms with Gasteiger partial charge in [-0.25, -0.2) is 0 Å². The van der Waals surface area contributed by atoms with Crippen molar-refractivity contribution >= 4 is 5.91 Å². The average molecular weight is 341 g/mol. The number of likely N-dealkylation sites (tertiary alicyclic amines) is 1. The summed E-state index contributed by atoms with van der Waals surface area (Å²) in [6.45, 7) is 10.5. The number of ether oxygens (including phenoxy) is 1. The summed E-state index contributed by atoms with van der Waals surface area (Å²) in [7, 11) is 4.30. The molecule has 2 unspecified atom stereocenters. The first kappa shape index (κ1) is 19.6. The van der Waals surface area contributed by atoms with Crippen molar-refractivity contribution in [2.24, 2.45) is 11.1 Å². The van der Waals surface area contributed by atoms with Gasteiger partial charge in [-0.2, -0.15) is 0 Å². The first-order valence-corrected chi connectivity index (χ1v) is 9.30. The van der Waals surface area contributed by atoms with Gasteiger partial charge in [0.1, 0.15) is 5.54 Å². The summed E-state index contributed by atoms with van der Waals surface area (Å²) in [5.74, 6) is -0.0355. The van der Waals surface area contributed by atoms with E-state index in [1.54, 1.807) is 0 Å². The predicted octanol–water partition coefficient (Wildman–Crippen LogP) is 0.661. The normalized spacial score (nSPS) is 31.0. The molecule has 3 N–H and O–H groups in total. The molecular formula is C18H36N4O2. The fraction of sp³-hybridized carbons (Fsp3) is 0.944. The van der Waals surface area contributed by atoms with Crippen molar-refractivity contribution in [2.75, 3.05) is 46.9 Å². The van der Waals surface area contributed by atoms with E-state index in [1.807, 2.05) is 20.8 Å². The van der Waals surface area contributed by atoms with Gasteiger partial charge >= 0.3 is 0 Å². The second-order valence-corrected chi connectivity index (χ2v) is 8.13. The Balaban J connectivity index is 1.72. The number of carbonyl (C=O) groups is 1. The van der Waals surface area contributed by atoms with E-state index in [2.05, 4.69) is 29.2 Å². The van der Waals surface area contributed by atoms with Crippen LogP contribution in [-0.2, 0) is 9.53 Å². The zero-order valence-electron chi connectivity index (χ0n) is 16.1. The summed E-state index contributed by atoms with van der Waals surface area (Å²) in [5, 5.41) is 3.05. The minimum absolute atomic E-state index is 0.0355. The molecule has 1 amide bonds. The Morgan fingerprint density at radius 3 is 2.46 bits per heavy atom. The number of carbonyl (C=O) groups excluding carboxylic acids is 1. The molecule has 0 aromatic heterocycles. The largest absolute Gasteiger partial charge is 0.378 e. The fourth-order valence-corrected chi connectivity index (χ4v) is 3.97. The molecule has 24 heavy (non-hydrogen) atoms. The predicted molar refractivity (Wildman–Crippen MR) is 96.9 cm³/mol. The lowest BCUT2D eigenvalue weighted by Crippen LogP contribution is -2.75. The van der Waals surface area contributed by atoms with E-state index in [1.165, 1.54) is 12.8 Å². The molecular weight excluding hydrogens is 304 g/mol. The van der Waals surface area contributed by atoms with Crippen LogP contribution in [0.4, 0.5) is 0 Å². The molecule has 1 aliphatic heterocycles. The Morgan fingerprint density at radius 1 is 1.33 bits per heavy atom. The first-order chi connectivity index (χ1) is 11.2. The van der Waals surface area contributed by atoms with Gasteiger partial charge in [-0.05, 0) is 47.0 Å². The van der Waals surface area contributed by atoms with Crippen molar-refractivity contribution in [2.45, 2.75) is 57.7 Å². The second-order valence-electron chi connectivity index (χ2n) is 8.13. The molecule has 0 aromatic carbocycles.